The lowest BCUT2D eigenvalue weighted by Gasteiger charge is -2.56. The summed E-state index contributed by atoms with van der Waals surface area (Å²) in [5, 5.41) is -0.704. The van der Waals surface area contributed by atoms with E-state index in [9.17, 15) is 26.3 Å². The minimum absolute atomic E-state index is 0.0106. The molecule has 0 radical (unpaired) electrons. The van der Waals surface area contributed by atoms with Gasteiger partial charge < -0.3 is 0 Å². The standard InChI is InChI=1S/C48H60F12P2/c1-30(61(36-13-6-2-7-14-36)37-15-8-3-9-16-37)44-21-11-17-41(44)62(38-25-33(45(49,50)51)24-34(26-38)46(52,53)54)40-28-35(47(55,56)57)27-39(48(58,59)60)42(40)31-18-22-43(29-31)20-10-4-5-12-32(44)19-23-43/h24-28,30-32,36-37,41H,2-23,29H2,1H3/t30-,31-,32?,41?,43?,44?,62?/m1/s1. The molecule has 346 valence electrons. The number of halogens is 12. The molecule has 5 aliphatic carbocycles. The van der Waals surface area contributed by atoms with Crippen LogP contribution in [0.1, 0.15) is 188 Å². The second-order valence-corrected chi connectivity index (χ2v) is 25.6. The molecule has 62 heavy (non-hydrogen) atoms. The zero-order chi connectivity index (χ0) is 44.5. The van der Waals surface area contributed by atoms with Crippen LogP contribution in [0.4, 0.5) is 52.7 Å². The van der Waals surface area contributed by atoms with E-state index in [2.05, 4.69) is 6.92 Å². The molecule has 0 nitrogen and oxygen atoms in total. The van der Waals surface area contributed by atoms with E-state index in [0.29, 0.717) is 55.6 Å². The van der Waals surface area contributed by atoms with Gasteiger partial charge in [0.25, 0.3) is 0 Å². The number of hydrogen-bond donors (Lipinski definition) is 0. The molecule has 0 amide bonds. The molecule has 0 aromatic heterocycles. The molecule has 5 saturated carbocycles. The van der Waals surface area contributed by atoms with Gasteiger partial charge in [0.2, 0.25) is 0 Å². The van der Waals surface area contributed by atoms with Crippen LogP contribution in [-0.2, 0) is 24.7 Å². The quantitative estimate of drug-likeness (QED) is 0.207. The van der Waals surface area contributed by atoms with Crippen molar-refractivity contribution >= 4 is 26.5 Å². The fourth-order valence-corrected chi connectivity index (χ4v) is 23.0. The SMILES string of the molecule is C[C@@H](P(C1CCCCC1)C1CCCCC1)C12CCCC1P(c1cc(C(F)(F)F)cc(C(F)(F)F)c1)c1cc(C(F)(F)F)cc(C(F)(F)F)c1[C@@H]1CCC3(CCCCCC2CC3)C1. The van der Waals surface area contributed by atoms with E-state index in [1.807, 2.05) is 0 Å². The van der Waals surface area contributed by atoms with Gasteiger partial charge in [-0.15, -0.1) is 0 Å². The summed E-state index contributed by atoms with van der Waals surface area (Å²) in [4.78, 5) is 0. The topological polar surface area (TPSA) is 0 Å². The lowest BCUT2D eigenvalue weighted by Crippen LogP contribution is -2.49. The van der Waals surface area contributed by atoms with Crippen molar-refractivity contribution in [2.24, 2.45) is 16.7 Å². The van der Waals surface area contributed by atoms with Crippen molar-refractivity contribution in [1.82, 2.24) is 0 Å². The normalized spacial score (nSPS) is 31.5. The van der Waals surface area contributed by atoms with E-state index in [4.69, 9.17) is 0 Å². The zero-order valence-corrected chi connectivity index (χ0v) is 37.3. The van der Waals surface area contributed by atoms with E-state index in [0.717, 1.165) is 115 Å². The number of rotatable bonds is 5. The van der Waals surface area contributed by atoms with Crippen molar-refractivity contribution in [2.75, 3.05) is 0 Å². The number of hydrogen-bond acceptors (Lipinski definition) is 0. The maximum atomic E-state index is 15.6. The Kier molecular flexibility index (Phi) is 13.3. The molecule has 2 aromatic carbocycles. The van der Waals surface area contributed by atoms with Crippen LogP contribution >= 0.6 is 15.8 Å². The van der Waals surface area contributed by atoms with Gasteiger partial charge in [0.15, 0.2) is 0 Å². The molecule has 5 unspecified atom stereocenters. The molecular weight excluding hydrogens is 866 g/mol. The molecule has 6 aliphatic rings. The van der Waals surface area contributed by atoms with Crippen LogP contribution < -0.4 is 10.6 Å². The summed E-state index contributed by atoms with van der Waals surface area (Å²) < 4.78 is 181. The summed E-state index contributed by atoms with van der Waals surface area (Å²) in [7, 11) is -3.42. The molecule has 3 bridgehead atoms. The van der Waals surface area contributed by atoms with Gasteiger partial charge in [0.1, 0.15) is 0 Å². The summed E-state index contributed by atoms with van der Waals surface area (Å²) in [5.74, 6) is -0.850. The van der Waals surface area contributed by atoms with Crippen LogP contribution in [0.3, 0.4) is 0 Å². The van der Waals surface area contributed by atoms with Gasteiger partial charge in [-0.1, -0.05) is 79.1 Å². The first kappa shape index (κ1) is 47.0. The number of alkyl halides is 12. The second kappa shape index (κ2) is 17.6. The average Bonchev–Trinajstić information content (AvgIpc) is 3.85. The molecular formula is C48H60F12P2. The highest BCUT2D eigenvalue weighted by Crippen LogP contribution is 2.73. The lowest BCUT2D eigenvalue weighted by atomic mass is 9.65. The summed E-state index contributed by atoms with van der Waals surface area (Å²) in [6.07, 6.45) is -1.74. The first-order chi connectivity index (χ1) is 29.1. The first-order valence-corrected chi connectivity index (χ1v) is 26.3. The van der Waals surface area contributed by atoms with E-state index in [-0.39, 0.29) is 46.4 Å². The highest BCUT2D eigenvalue weighted by molar-refractivity contribution is 7.74. The fraction of sp³-hybridized carbons (Fsp3) is 0.750. The minimum atomic E-state index is -5.26. The minimum Gasteiger partial charge on any atom is -0.166 e. The highest BCUT2D eigenvalue weighted by atomic mass is 31.1. The van der Waals surface area contributed by atoms with Crippen molar-refractivity contribution < 1.29 is 52.7 Å². The molecule has 1 spiro atoms. The maximum Gasteiger partial charge on any atom is 0.416 e. The third-order valence-electron chi connectivity index (χ3n) is 16.8. The summed E-state index contributed by atoms with van der Waals surface area (Å²) in [5.41, 5.74) is -7.42. The lowest BCUT2D eigenvalue weighted by molar-refractivity contribution is -0.144. The Bertz CT molecular complexity index is 1840. The van der Waals surface area contributed by atoms with Crippen molar-refractivity contribution in [3.8, 4) is 0 Å². The van der Waals surface area contributed by atoms with Gasteiger partial charge in [-0.05, 0) is 183 Å². The van der Waals surface area contributed by atoms with Crippen LogP contribution in [0.2, 0.25) is 0 Å². The molecule has 7 atom stereocenters. The van der Waals surface area contributed by atoms with Crippen LogP contribution in [0.15, 0.2) is 30.3 Å². The summed E-state index contributed by atoms with van der Waals surface area (Å²) >= 11 is 0. The van der Waals surface area contributed by atoms with Crippen molar-refractivity contribution in [2.45, 2.75) is 208 Å². The van der Waals surface area contributed by atoms with Gasteiger partial charge in [-0.25, -0.2) is 0 Å². The Balaban J connectivity index is 1.49. The Morgan fingerprint density at radius 3 is 1.63 bits per heavy atom. The Hall–Kier alpha value is -1.54. The molecule has 1 aliphatic heterocycles. The molecule has 0 N–H and O–H groups in total. The maximum absolute atomic E-state index is 15.6. The van der Waals surface area contributed by atoms with Gasteiger partial charge in [-0.3, -0.25) is 0 Å². The van der Waals surface area contributed by atoms with Crippen LogP contribution in [0.25, 0.3) is 0 Å². The molecule has 0 saturated heterocycles. The first-order valence-electron chi connectivity index (χ1n) is 23.3. The fourth-order valence-electron chi connectivity index (χ4n) is 14.2. The molecule has 2 aromatic rings. The molecule has 8 rings (SSSR count). The predicted octanol–water partition coefficient (Wildman–Crippen LogP) is 16.9. The van der Waals surface area contributed by atoms with Crippen LogP contribution in [-0.4, -0.2) is 22.6 Å². The third kappa shape index (κ3) is 9.12. The average molecular weight is 927 g/mol. The van der Waals surface area contributed by atoms with Crippen molar-refractivity contribution in [1.29, 1.82) is 0 Å². The van der Waals surface area contributed by atoms with E-state index < -0.39 is 85.1 Å². The van der Waals surface area contributed by atoms with E-state index in [1.54, 1.807) is 0 Å². The Morgan fingerprint density at radius 1 is 0.532 bits per heavy atom. The number of fused-ring (bicyclic) bond motifs is 7. The monoisotopic (exact) mass is 926 g/mol. The molecule has 14 heteroatoms. The Labute approximate surface area is 361 Å². The smallest absolute Gasteiger partial charge is 0.166 e. The zero-order valence-electron chi connectivity index (χ0n) is 35.5. The van der Waals surface area contributed by atoms with Gasteiger partial charge in [-0.2, -0.15) is 52.7 Å². The predicted molar refractivity (Wildman–Crippen MR) is 224 cm³/mol. The highest BCUT2D eigenvalue weighted by Gasteiger charge is 2.60. The largest absolute Gasteiger partial charge is 0.416 e. The van der Waals surface area contributed by atoms with Gasteiger partial charge in [0.05, 0.1) is 22.3 Å². The van der Waals surface area contributed by atoms with E-state index >= 15 is 26.3 Å². The Morgan fingerprint density at radius 2 is 1.06 bits per heavy atom. The van der Waals surface area contributed by atoms with Gasteiger partial charge in [0, 0.05) is 0 Å². The van der Waals surface area contributed by atoms with Crippen LogP contribution in [0, 0.1) is 16.7 Å². The van der Waals surface area contributed by atoms with Gasteiger partial charge >= 0.3 is 24.7 Å². The van der Waals surface area contributed by atoms with Crippen molar-refractivity contribution in [3.63, 3.8) is 0 Å². The second-order valence-electron chi connectivity index (χ2n) is 20.1. The molecule has 1 heterocycles. The number of benzene rings is 2. The van der Waals surface area contributed by atoms with Crippen LogP contribution in [0.5, 0.6) is 0 Å². The summed E-state index contributed by atoms with van der Waals surface area (Å²) in [6.45, 7) is 2.29. The third-order valence-corrected chi connectivity index (χ3v) is 24.0. The molecule has 5 fully saturated rings. The summed E-state index contributed by atoms with van der Waals surface area (Å²) in [6, 6.07) is 2.28. The van der Waals surface area contributed by atoms with Crippen molar-refractivity contribution in [3.05, 3.63) is 58.1 Å². The van der Waals surface area contributed by atoms with E-state index in [1.165, 1.54) is 0 Å².